The number of carbonyl (C=O) groups excluding carboxylic acids is 1. The van der Waals surface area contributed by atoms with Crippen LogP contribution in [-0.4, -0.2) is 24.0 Å². The first-order valence-corrected chi connectivity index (χ1v) is 5.20. The van der Waals surface area contributed by atoms with Gasteiger partial charge in [-0.1, -0.05) is 20.4 Å². The van der Waals surface area contributed by atoms with Crippen molar-refractivity contribution in [2.24, 2.45) is 11.8 Å². The summed E-state index contributed by atoms with van der Waals surface area (Å²) in [7, 11) is 0. The van der Waals surface area contributed by atoms with Gasteiger partial charge in [-0.2, -0.15) is 0 Å². The van der Waals surface area contributed by atoms with Crippen molar-refractivity contribution in [1.29, 1.82) is 0 Å². The van der Waals surface area contributed by atoms with Gasteiger partial charge in [0.1, 0.15) is 0 Å². The summed E-state index contributed by atoms with van der Waals surface area (Å²) in [5.41, 5.74) is 0.709. The maximum Gasteiger partial charge on any atom is 0.321 e. The van der Waals surface area contributed by atoms with Crippen LogP contribution in [0, 0.1) is 11.8 Å². The number of likely N-dealkylation sites (tertiary alicyclic amines) is 1. The molecular formula is C11H20N2O. The first kappa shape index (κ1) is 11.1. The van der Waals surface area contributed by atoms with E-state index in [-0.39, 0.29) is 6.03 Å². The third kappa shape index (κ3) is 3.05. The normalized spacial score (nSPS) is 27.2. The molecule has 80 valence electrons. The summed E-state index contributed by atoms with van der Waals surface area (Å²) in [6.07, 6.45) is 1.22. The molecule has 0 saturated carbocycles. The lowest BCUT2D eigenvalue weighted by Crippen LogP contribution is -2.46. The van der Waals surface area contributed by atoms with Gasteiger partial charge < -0.3 is 10.2 Å². The SMILES string of the molecule is C=C(C)NC(=O)N1CC(C)CC(C)C1. The van der Waals surface area contributed by atoms with E-state index in [4.69, 9.17) is 0 Å². The van der Waals surface area contributed by atoms with Crippen LogP contribution in [0.4, 0.5) is 4.79 Å². The highest BCUT2D eigenvalue weighted by Gasteiger charge is 2.24. The van der Waals surface area contributed by atoms with Crippen molar-refractivity contribution in [3.8, 4) is 0 Å². The van der Waals surface area contributed by atoms with Gasteiger partial charge in [0.15, 0.2) is 0 Å². The van der Waals surface area contributed by atoms with Crippen LogP contribution in [0.2, 0.25) is 0 Å². The van der Waals surface area contributed by atoms with Crippen LogP contribution in [0.1, 0.15) is 27.2 Å². The Morgan fingerprint density at radius 1 is 1.36 bits per heavy atom. The number of piperidine rings is 1. The average molecular weight is 196 g/mol. The molecule has 2 amide bonds. The molecule has 1 aliphatic rings. The Kier molecular flexibility index (Phi) is 3.55. The van der Waals surface area contributed by atoms with E-state index in [0.29, 0.717) is 17.5 Å². The molecule has 3 heteroatoms. The molecule has 0 aromatic rings. The van der Waals surface area contributed by atoms with Crippen LogP contribution in [0.3, 0.4) is 0 Å². The Morgan fingerprint density at radius 2 is 1.86 bits per heavy atom. The topological polar surface area (TPSA) is 32.3 Å². The molecule has 1 aliphatic heterocycles. The van der Waals surface area contributed by atoms with Crippen LogP contribution >= 0.6 is 0 Å². The van der Waals surface area contributed by atoms with Crippen molar-refractivity contribution in [2.75, 3.05) is 13.1 Å². The second-order valence-corrected chi connectivity index (χ2v) is 4.56. The lowest BCUT2D eigenvalue weighted by atomic mass is 9.92. The molecule has 0 aromatic heterocycles. The fourth-order valence-electron chi connectivity index (χ4n) is 2.09. The fourth-order valence-corrected chi connectivity index (χ4v) is 2.09. The van der Waals surface area contributed by atoms with Crippen LogP contribution in [-0.2, 0) is 0 Å². The molecule has 0 aromatic carbocycles. The fraction of sp³-hybridized carbons (Fsp3) is 0.727. The van der Waals surface area contributed by atoms with Gasteiger partial charge in [0.2, 0.25) is 0 Å². The van der Waals surface area contributed by atoms with Gasteiger partial charge in [0, 0.05) is 18.8 Å². The molecule has 2 atom stereocenters. The number of nitrogens with zero attached hydrogens (tertiary/aromatic N) is 1. The molecule has 0 radical (unpaired) electrons. The maximum absolute atomic E-state index is 11.7. The number of hydrogen-bond acceptors (Lipinski definition) is 1. The van der Waals surface area contributed by atoms with E-state index >= 15 is 0 Å². The first-order valence-electron chi connectivity index (χ1n) is 5.20. The summed E-state index contributed by atoms with van der Waals surface area (Å²) in [6, 6.07) is -0.00380. The second kappa shape index (κ2) is 4.49. The number of rotatable bonds is 1. The van der Waals surface area contributed by atoms with E-state index in [2.05, 4.69) is 25.7 Å². The third-order valence-electron chi connectivity index (χ3n) is 2.48. The van der Waals surface area contributed by atoms with Gasteiger partial charge in [0.25, 0.3) is 0 Å². The molecule has 2 unspecified atom stereocenters. The number of amides is 2. The molecular weight excluding hydrogens is 176 g/mol. The highest BCUT2D eigenvalue weighted by Crippen LogP contribution is 2.20. The van der Waals surface area contributed by atoms with E-state index in [0.717, 1.165) is 13.1 Å². The smallest absolute Gasteiger partial charge is 0.321 e. The Hall–Kier alpha value is -0.990. The molecule has 1 heterocycles. The highest BCUT2D eigenvalue weighted by atomic mass is 16.2. The monoisotopic (exact) mass is 196 g/mol. The van der Waals surface area contributed by atoms with Crippen molar-refractivity contribution in [2.45, 2.75) is 27.2 Å². The van der Waals surface area contributed by atoms with Gasteiger partial charge >= 0.3 is 6.03 Å². The summed E-state index contributed by atoms with van der Waals surface area (Å²) in [5, 5.41) is 2.75. The molecule has 1 saturated heterocycles. The Bertz CT molecular complexity index is 227. The van der Waals surface area contributed by atoms with E-state index in [1.165, 1.54) is 6.42 Å². The Labute approximate surface area is 86.2 Å². The molecule has 0 bridgehead atoms. The zero-order valence-corrected chi connectivity index (χ0v) is 9.34. The number of hydrogen-bond donors (Lipinski definition) is 1. The van der Waals surface area contributed by atoms with Crippen LogP contribution < -0.4 is 5.32 Å². The van der Waals surface area contributed by atoms with Crippen molar-refractivity contribution in [3.63, 3.8) is 0 Å². The summed E-state index contributed by atoms with van der Waals surface area (Å²) in [5.74, 6) is 1.21. The highest BCUT2D eigenvalue weighted by molar-refractivity contribution is 5.76. The zero-order chi connectivity index (χ0) is 10.7. The summed E-state index contributed by atoms with van der Waals surface area (Å²) in [4.78, 5) is 13.5. The second-order valence-electron chi connectivity index (χ2n) is 4.56. The van der Waals surface area contributed by atoms with Crippen molar-refractivity contribution >= 4 is 6.03 Å². The molecule has 1 fully saturated rings. The summed E-state index contributed by atoms with van der Waals surface area (Å²) < 4.78 is 0. The predicted octanol–water partition coefficient (Wildman–Crippen LogP) is 2.21. The van der Waals surface area contributed by atoms with Gasteiger partial charge in [-0.3, -0.25) is 0 Å². The van der Waals surface area contributed by atoms with Gasteiger partial charge in [-0.25, -0.2) is 4.79 Å². The van der Waals surface area contributed by atoms with E-state index in [1.54, 1.807) is 6.92 Å². The molecule has 0 aliphatic carbocycles. The van der Waals surface area contributed by atoms with Gasteiger partial charge in [-0.15, -0.1) is 0 Å². The number of allylic oxidation sites excluding steroid dienone is 1. The van der Waals surface area contributed by atoms with Crippen LogP contribution in [0.15, 0.2) is 12.3 Å². The van der Waals surface area contributed by atoms with Crippen molar-refractivity contribution in [3.05, 3.63) is 12.3 Å². The van der Waals surface area contributed by atoms with Crippen LogP contribution in [0.5, 0.6) is 0 Å². The number of urea groups is 1. The lowest BCUT2D eigenvalue weighted by molar-refractivity contribution is 0.148. The molecule has 14 heavy (non-hydrogen) atoms. The van der Waals surface area contributed by atoms with Crippen molar-refractivity contribution in [1.82, 2.24) is 10.2 Å². The minimum absolute atomic E-state index is 0.00380. The molecule has 3 nitrogen and oxygen atoms in total. The summed E-state index contributed by atoms with van der Waals surface area (Å²) >= 11 is 0. The number of carbonyl (C=O) groups is 1. The van der Waals surface area contributed by atoms with Gasteiger partial charge in [-0.05, 0) is 25.2 Å². The Balaban J connectivity index is 2.50. The zero-order valence-electron chi connectivity index (χ0n) is 9.34. The summed E-state index contributed by atoms with van der Waals surface area (Å²) in [6.45, 7) is 11.6. The maximum atomic E-state index is 11.7. The Morgan fingerprint density at radius 3 is 2.29 bits per heavy atom. The third-order valence-corrected chi connectivity index (χ3v) is 2.48. The largest absolute Gasteiger partial charge is 0.324 e. The van der Waals surface area contributed by atoms with Gasteiger partial charge in [0.05, 0.1) is 0 Å². The number of nitrogens with one attached hydrogen (secondary N) is 1. The molecule has 1 rings (SSSR count). The standard InChI is InChI=1S/C11H20N2O/c1-8(2)12-11(14)13-6-9(3)5-10(4)7-13/h9-10H,1,5-7H2,2-4H3,(H,12,14). The average Bonchev–Trinajstić information content (AvgIpc) is 2.00. The predicted molar refractivity (Wildman–Crippen MR) is 57.9 cm³/mol. The van der Waals surface area contributed by atoms with Crippen LogP contribution in [0.25, 0.3) is 0 Å². The minimum atomic E-state index is -0.00380. The molecule has 1 N–H and O–H groups in total. The minimum Gasteiger partial charge on any atom is -0.324 e. The quantitative estimate of drug-likeness (QED) is 0.685. The van der Waals surface area contributed by atoms with E-state index in [1.807, 2.05) is 4.90 Å². The first-order chi connectivity index (χ1) is 6.49. The van der Waals surface area contributed by atoms with Crippen molar-refractivity contribution < 1.29 is 4.79 Å². The lowest BCUT2D eigenvalue weighted by Gasteiger charge is -2.34. The van der Waals surface area contributed by atoms with E-state index < -0.39 is 0 Å². The molecule has 0 spiro atoms. The van der Waals surface area contributed by atoms with E-state index in [9.17, 15) is 4.79 Å².